The van der Waals surface area contributed by atoms with Crippen molar-refractivity contribution in [2.45, 2.75) is 12.1 Å². The molecule has 2 atom stereocenters. The Morgan fingerprint density at radius 3 is 2.04 bits per heavy atom. The molecule has 2 aromatic carbocycles. The van der Waals surface area contributed by atoms with E-state index in [-0.39, 0.29) is 5.75 Å². The molecule has 2 unspecified atom stereocenters. The number of carboxylic acid groups (broad SMARTS) is 3. The molecule has 3 aliphatic rings. The topological polar surface area (TPSA) is 134 Å². The van der Waals surface area contributed by atoms with Crippen LogP contribution in [0, 0.1) is 0 Å². The number of rotatable bonds is 7. The minimum Gasteiger partial charge on any atom is -0.482 e. The average Bonchev–Trinajstić information content (AvgIpc) is 3.08. The molecule has 138 valence electrons. The number of nitrogens with zero attached hydrogens (tertiary/aromatic N) is 1. The van der Waals surface area contributed by atoms with Gasteiger partial charge in [-0.15, -0.1) is 0 Å². The van der Waals surface area contributed by atoms with Gasteiger partial charge in [0.1, 0.15) is 17.2 Å². The molecule has 3 aliphatic heterocycles. The Morgan fingerprint density at radius 2 is 1.44 bits per heavy atom. The van der Waals surface area contributed by atoms with E-state index in [2.05, 4.69) is 0 Å². The molecule has 9 heteroatoms. The Bertz CT molecular complexity index is 968. The van der Waals surface area contributed by atoms with Gasteiger partial charge < -0.3 is 29.7 Å². The summed E-state index contributed by atoms with van der Waals surface area (Å²) in [5, 5.41) is 27.5. The summed E-state index contributed by atoms with van der Waals surface area (Å²) in [4.78, 5) is 35.0. The zero-order valence-electron chi connectivity index (χ0n) is 13.7. The minimum absolute atomic E-state index is 0.270. The third kappa shape index (κ3) is 2.51. The maximum atomic E-state index is 11.7. The Kier molecular flexibility index (Phi) is 3.65. The molecule has 3 heterocycles. The van der Waals surface area contributed by atoms with E-state index < -0.39 is 36.6 Å². The minimum atomic E-state index is -1.15. The van der Waals surface area contributed by atoms with E-state index in [4.69, 9.17) is 14.6 Å². The highest BCUT2D eigenvalue weighted by Gasteiger charge is 2.57. The number of anilines is 1. The molecule has 5 rings (SSSR count). The number of benzene rings is 2. The number of ether oxygens (including phenoxy) is 2. The summed E-state index contributed by atoms with van der Waals surface area (Å²) in [5.74, 6) is -2.36. The summed E-state index contributed by atoms with van der Waals surface area (Å²) in [7, 11) is 0. The van der Waals surface area contributed by atoms with Crippen molar-refractivity contribution in [1.82, 2.24) is 0 Å². The Hall–Kier alpha value is -3.75. The van der Waals surface area contributed by atoms with E-state index in [1.54, 1.807) is 24.3 Å². The van der Waals surface area contributed by atoms with Gasteiger partial charge in [-0.05, 0) is 36.4 Å². The van der Waals surface area contributed by atoms with Gasteiger partial charge in [0, 0.05) is 16.8 Å². The molecule has 0 saturated heterocycles. The maximum Gasteiger partial charge on any atom is 0.341 e. The second kappa shape index (κ2) is 5.90. The van der Waals surface area contributed by atoms with Crippen LogP contribution in [0.5, 0.6) is 17.2 Å². The fourth-order valence-electron chi connectivity index (χ4n) is 3.49. The number of carbonyl (C=O) groups is 3. The molecular weight excluding hydrogens is 358 g/mol. The monoisotopic (exact) mass is 371 g/mol. The normalized spacial score (nSPS) is 18.6. The van der Waals surface area contributed by atoms with Crippen LogP contribution in [-0.2, 0) is 14.4 Å². The van der Waals surface area contributed by atoms with Crippen LogP contribution in [0.15, 0.2) is 36.4 Å². The highest BCUT2D eigenvalue weighted by Crippen LogP contribution is 2.61. The number of hydrogen-bond acceptors (Lipinski definition) is 6. The molecule has 9 nitrogen and oxygen atoms in total. The van der Waals surface area contributed by atoms with Gasteiger partial charge in [-0.25, -0.2) is 14.4 Å². The first-order chi connectivity index (χ1) is 12.9. The van der Waals surface area contributed by atoms with Crippen LogP contribution in [0.2, 0.25) is 0 Å². The largest absolute Gasteiger partial charge is 0.482 e. The summed E-state index contributed by atoms with van der Waals surface area (Å²) in [6, 6.07) is 7.31. The van der Waals surface area contributed by atoms with Crippen LogP contribution in [0.4, 0.5) is 5.69 Å². The molecule has 2 aromatic rings. The Labute approximate surface area is 152 Å². The predicted octanol–water partition coefficient (Wildman–Crippen LogP) is 2.03. The number of carboxylic acids is 3. The van der Waals surface area contributed by atoms with E-state index in [1.165, 1.54) is 17.0 Å². The molecule has 0 saturated carbocycles. The van der Waals surface area contributed by atoms with Crippen molar-refractivity contribution in [2.24, 2.45) is 0 Å². The lowest BCUT2D eigenvalue weighted by molar-refractivity contribution is -0.141. The van der Waals surface area contributed by atoms with Crippen LogP contribution in [0.25, 0.3) is 0 Å². The van der Waals surface area contributed by atoms with Crippen molar-refractivity contribution in [3.63, 3.8) is 0 Å². The molecular formula is C18H13NO8. The highest BCUT2D eigenvalue weighted by molar-refractivity contribution is 6.01. The number of aliphatic carboxylic acids is 3. The first-order valence-electron chi connectivity index (χ1n) is 7.91. The molecule has 0 fully saturated rings. The fourth-order valence-corrected chi connectivity index (χ4v) is 3.49. The van der Waals surface area contributed by atoms with E-state index in [9.17, 15) is 24.6 Å². The molecule has 4 bridgehead atoms. The van der Waals surface area contributed by atoms with Gasteiger partial charge >= 0.3 is 17.9 Å². The van der Waals surface area contributed by atoms with Gasteiger partial charge in [0.2, 0.25) is 0 Å². The summed E-state index contributed by atoms with van der Waals surface area (Å²) in [5.41, 5.74) is 1.40. The molecule has 0 spiro atoms. The van der Waals surface area contributed by atoms with Gasteiger partial charge in [0.15, 0.2) is 18.7 Å². The highest BCUT2D eigenvalue weighted by atomic mass is 16.5. The first-order valence-corrected chi connectivity index (χ1v) is 7.91. The van der Waals surface area contributed by atoms with Gasteiger partial charge in [0.25, 0.3) is 0 Å². The summed E-state index contributed by atoms with van der Waals surface area (Å²) in [6.45, 7) is -0.470. The second-order valence-corrected chi connectivity index (χ2v) is 6.05. The summed E-state index contributed by atoms with van der Waals surface area (Å²) >= 11 is 0. The SMILES string of the molecule is O=C(O)COc1ccc(Oc2ccc3c4c2C(C(=O)O)N3C4C(=O)O)cc1. The lowest BCUT2D eigenvalue weighted by Crippen LogP contribution is -2.39. The van der Waals surface area contributed by atoms with Crippen LogP contribution in [0.1, 0.15) is 23.2 Å². The average molecular weight is 371 g/mol. The van der Waals surface area contributed by atoms with Crippen LogP contribution in [0.3, 0.4) is 0 Å². The zero-order chi connectivity index (χ0) is 19.3. The first kappa shape index (κ1) is 16.7. The maximum absolute atomic E-state index is 11.7. The van der Waals surface area contributed by atoms with Crippen LogP contribution >= 0.6 is 0 Å². The molecule has 3 N–H and O–H groups in total. The number of hydrogen-bond donors (Lipinski definition) is 3. The molecule has 0 amide bonds. The quantitative estimate of drug-likeness (QED) is 0.668. The van der Waals surface area contributed by atoms with Crippen molar-refractivity contribution in [2.75, 3.05) is 11.5 Å². The van der Waals surface area contributed by atoms with Crippen molar-refractivity contribution < 1.29 is 39.2 Å². The van der Waals surface area contributed by atoms with E-state index in [0.29, 0.717) is 28.3 Å². The van der Waals surface area contributed by atoms with Crippen LogP contribution in [-0.4, -0.2) is 39.8 Å². The Balaban J connectivity index is 1.61. The third-order valence-electron chi connectivity index (χ3n) is 4.49. The van der Waals surface area contributed by atoms with Gasteiger partial charge in [-0.1, -0.05) is 0 Å². The zero-order valence-corrected chi connectivity index (χ0v) is 13.7. The van der Waals surface area contributed by atoms with Crippen molar-refractivity contribution >= 4 is 23.6 Å². The summed E-state index contributed by atoms with van der Waals surface area (Å²) < 4.78 is 10.8. The van der Waals surface area contributed by atoms with Crippen molar-refractivity contribution in [1.29, 1.82) is 0 Å². The van der Waals surface area contributed by atoms with E-state index in [0.717, 1.165) is 0 Å². The molecule has 0 radical (unpaired) electrons. The van der Waals surface area contributed by atoms with Gasteiger partial charge in [-0.3, -0.25) is 0 Å². The van der Waals surface area contributed by atoms with Gasteiger partial charge in [0.05, 0.1) is 0 Å². The molecule has 0 aromatic heterocycles. The predicted molar refractivity (Wildman–Crippen MR) is 89.3 cm³/mol. The van der Waals surface area contributed by atoms with E-state index in [1.807, 2.05) is 0 Å². The van der Waals surface area contributed by atoms with E-state index >= 15 is 0 Å². The third-order valence-corrected chi connectivity index (χ3v) is 4.49. The lowest BCUT2D eigenvalue weighted by atomic mass is 9.95. The second-order valence-electron chi connectivity index (χ2n) is 6.05. The lowest BCUT2D eigenvalue weighted by Gasteiger charge is -2.35. The van der Waals surface area contributed by atoms with Crippen molar-refractivity contribution in [3.05, 3.63) is 47.5 Å². The standard InChI is InChI=1S/C18H13NO8/c20-12(21)7-26-8-1-3-9(4-2-8)27-11-6-5-10-13-14(11)16(18(24)25)19(10)15(13)17(22)23/h1-6,15-16H,7H2,(H,20,21)(H,22,23)(H,24,25). The van der Waals surface area contributed by atoms with Crippen LogP contribution < -0.4 is 14.4 Å². The molecule has 27 heavy (non-hydrogen) atoms. The smallest absolute Gasteiger partial charge is 0.341 e. The van der Waals surface area contributed by atoms with Gasteiger partial charge in [-0.2, -0.15) is 0 Å². The van der Waals surface area contributed by atoms with Crippen molar-refractivity contribution in [3.8, 4) is 17.2 Å². The Morgan fingerprint density at radius 1 is 0.852 bits per heavy atom. The summed E-state index contributed by atoms with van der Waals surface area (Å²) in [6.07, 6.45) is 0. The fraction of sp³-hybridized carbons (Fsp3) is 0.167. The molecule has 0 aliphatic carbocycles.